The molecule has 15 heavy (non-hydrogen) atoms. The van der Waals surface area contributed by atoms with Gasteiger partial charge in [0.2, 0.25) is 5.91 Å². The summed E-state index contributed by atoms with van der Waals surface area (Å²) >= 11 is 9.24. The molecular weight excluding hydrogens is 281 g/mol. The van der Waals surface area contributed by atoms with Crippen molar-refractivity contribution >= 4 is 33.4 Å². The number of hydrogen-bond donors (Lipinski definition) is 2. The molecule has 0 fully saturated rings. The molecular formula is C10H11BrClNO2. The van der Waals surface area contributed by atoms with E-state index in [2.05, 4.69) is 21.2 Å². The molecule has 1 atom stereocenters. The number of carbonyl (C=O) groups excluding carboxylic acids is 1. The van der Waals surface area contributed by atoms with Crippen molar-refractivity contribution in [1.82, 2.24) is 5.32 Å². The second kappa shape index (κ2) is 5.49. The number of carbonyl (C=O) groups is 1. The molecule has 1 unspecified atom stereocenters. The first-order valence-electron chi connectivity index (χ1n) is 4.40. The van der Waals surface area contributed by atoms with Crippen LogP contribution < -0.4 is 5.32 Å². The minimum atomic E-state index is -1.00. The van der Waals surface area contributed by atoms with Crippen LogP contribution in [0.15, 0.2) is 22.7 Å². The second-order valence-electron chi connectivity index (χ2n) is 3.13. The van der Waals surface area contributed by atoms with Gasteiger partial charge in [0.25, 0.3) is 0 Å². The van der Waals surface area contributed by atoms with Crippen LogP contribution >= 0.6 is 27.5 Å². The van der Waals surface area contributed by atoms with E-state index in [1.807, 2.05) is 12.1 Å². The largest absolute Gasteiger partial charge is 0.384 e. The molecule has 1 amide bonds. The summed E-state index contributed by atoms with van der Waals surface area (Å²) in [4.78, 5) is 11.1. The lowest BCUT2D eigenvalue weighted by atomic mass is 10.2. The Morgan fingerprint density at radius 1 is 1.67 bits per heavy atom. The third-order valence-corrected chi connectivity index (χ3v) is 2.69. The smallest absolute Gasteiger partial charge is 0.248 e. The molecule has 0 aliphatic heterocycles. The first-order valence-corrected chi connectivity index (χ1v) is 5.57. The zero-order valence-electron chi connectivity index (χ0n) is 8.13. The molecule has 0 aliphatic rings. The number of halogens is 2. The Bertz CT molecular complexity index is 368. The minimum absolute atomic E-state index is 0.315. The number of amides is 1. The van der Waals surface area contributed by atoms with Crippen molar-refractivity contribution < 1.29 is 9.90 Å². The van der Waals surface area contributed by atoms with Crippen molar-refractivity contribution in [1.29, 1.82) is 0 Å². The molecule has 0 radical (unpaired) electrons. The lowest BCUT2D eigenvalue weighted by molar-refractivity contribution is -0.128. The number of rotatable bonds is 3. The monoisotopic (exact) mass is 291 g/mol. The van der Waals surface area contributed by atoms with E-state index in [-0.39, 0.29) is 0 Å². The third kappa shape index (κ3) is 3.81. The highest BCUT2D eigenvalue weighted by Gasteiger charge is 2.08. The summed E-state index contributed by atoms with van der Waals surface area (Å²) in [6, 6.07) is 5.41. The van der Waals surface area contributed by atoms with Gasteiger partial charge in [0.15, 0.2) is 0 Å². The number of benzene rings is 1. The maximum absolute atomic E-state index is 11.1. The molecule has 0 saturated heterocycles. The molecule has 0 spiro atoms. The summed E-state index contributed by atoms with van der Waals surface area (Å²) in [7, 11) is 0. The van der Waals surface area contributed by atoms with Gasteiger partial charge in [-0.25, -0.2) is 0 Å². The van der Waals surface area contributed by atoms with E-state index in [1.54, 1.807) is 6.07 Å². The van der Waals surface area contributed by atoms with E-state index in [0.29, 0.717) is 11.6 Å². The molecule has 0 saturated carbocycles. The molecule has 0 aromatic heterocycles. The fraction of sp³-hybridized carbons (Fsp3) is 0.300. The molecule has 3 nitrogen and oxygen atoms in total. The van der Waals surface area contributed by atoms with E-state index in [4.69, 9.17) is 16.7 Å². The Kier molecular flexibility index (Phi) is 4.57. The second-order valence-corrected chi connectivity index (χ2v) is 4.45. The Morgan fingerprint density at radius 3 is 2.87 bits per heavy atom. The number of nitrogens with one attached hydrogen (secondary N) is 1. The van der Waals surface area contributed by atoms with Gasteiger partial charge in [-0.15, -0.1) is 0 Å². The Hall–Kier alpha value is -0.580. The van der Waals surface area contributed by atoms with E-state index in [1.165, 1.54) is 6.92 Å². The average Bonchev–Trinajstić information content (AvgIpc) is 2.15. The Labute approximate surface area is 102 Å². The van der Waals surface area contributed by atoms with Gasteiger partial charge in [-0.1, -0.05) is 33.6 Å². The quantitative estimate of drug-likeness (QED) is 0.896. The predicted molar refractivity (Wildman–Crippen MR) is 62.7 cm³/mol. The van der Waals surface area contributed by atoms with Crippen molar-refractivity contribution in [2.75, 3.05) is 0 Å². The highest BCUT2D eigenvalue weighted by Crippen LogP contribution is 2.21. The average molecular weight is 293 g/mol. The van der Waals surface area contributed by atoms with Crippen molar-refractivity contribution in [3.05, 3.63) is 33.3 Å². The minimum Gasteiger partial charge on any atom is -0.384 e. The summed E-state index contributed by atoms with van der Waals surface area (Å²) in [6.07, 6.45) is -1.00. The van der Waals surface area contributed by atoms with Crippen LogP contribution in [0.4, 0.5) is 0 Å². The van der Waals surface area contributed by atoms with Crippen LogP contribution in [-0.4, -0.2) is 17.1 Å². The van der Waals surface area contributed by atoms with E-state index < -0.39 is 12.0 Å². The molecule has 2 N–H and O–H groups in total. The van der Waals surface area contributed by atoms with E-state index in [9.17, 15) is 4.79 Å². The topological polar surface area (TPSA) is 49.3 Å². The van der Waals surface area contributed by atoms with Gasteiger partial charge in [-0.05, 0) is 24.6 Å². The highest BCUT2D eigenvalue weighted by atomic mass is 79.9. The van der Waals surface area contributed by atoms with Crippen molar-refractivity contribution in [3.63, 3.8) is 0 Å². The third-order valence-electron chi connectivity index (χ3n) is 1.85. The first kappa shape index (κ1) is 12.5. The van der Waals surface area contributed by atoms with Gasteiger partial charge < -0.3 is 10.4 Å². The molecule has 1 aromatic rings. The van der Waals surface area contributed by atoms with Crippen LogP contribution in [0.25, 0.3) is 0 Å². The van der Waals surface area contributed by atoms with Gasteiger partial charge in [0.05, 0.1) is 0 Å². The Balaban J connectivity index is 2.62. The van der Waals surface area contributed by atoms with Gasteiger partial charge in [0, 0.05) is 16.0 Å². The predicted octanol–water partition coefficient (Wildman–Crippen LogP) is 2.10. The fourth-order valence-corrected chi connectivity index (χ4v) is 1.74. The number of aliphatic hydroxyl groups excluding tert-OH is 1. The molecule has 82 valence electrons. The van der Waals surface area contributed by atoms with Gasteiger partial charge >= 0.3 is 0 Å². The van der Waals surface area contributed by atoms with Crippen LogP contribution in [0, 0.1) is 0 Å². The SMILES string of the molecule is CC(O)C(=O)NCc1ccc(Br)cc1Cl. The van der Waals surface area contributed by atoms with Crippen LogP contribution in [0.1, 0.15) is 12.5 Å². The zero-order chi connectivity index (χ0) is 11.4. The molecule has 0 heterocycles. The van der Waals surface area contributed by atoms with Crippen molar-refractivity contribution in [3.8, 4) is 0 Å². The first-order chi connectivity index (χ1) is 7.00. The summed E-state index contributed by atoms with van der Waals surface area (Å²) < 4.78 is 0.887. The summed E-state index contributed by atoms with van der Waals surface area (Å²) in [5.41, 5.74) is 0.814. The van der Waals surface area contributed by atoms with Crippen molar-refractivity contribution in [2.45, 2.75) is 19.6 Å². The molecule has 0 bridgehead atoms. The van der Waals surface area contributed by atoms with E-state index in [0.717, 1.165) is 10.0 Å². The summed E-state index contributed by atoms with van der Waals surface area (Å²) in [5.74, 6) is -0.408. The number of aliphatic hydroxyl groups is 1. The van der Waals surface area contributed by atoms with Gasteiger partial charge in [0.1, 0.15) is 6.10 Å². The lowest BCUT2D eigenvalue weighted by Crippen LogP contribution is -2.32. The highest BCUT2D eigenvalue weighted by molar-refractivity contribution is 9.10. The molecule has 1 aromatic carbocycles. The molecule has 0 aliphatic carbocycles. The summed E-state index contributed by atoms with van der Waals surface area (Å²) in [6.45, 7) is 1.73. The van der Waals surface area contributed by atoms with Gasteiger partial charge in [-0.2, -0.15) is 0 Å². The van der Waals surface area contributed by atoms with Crippen LogP contribution in [0.3, 0.4) is 0 Å². The Morgan fingerprint density at radius 2 is 2.33 bits per heavy atom. The maximum atomic E-state index is 11.1. The van der Waals surface area contributed by atoms with Crippen LogP contribution in [0.2, 0.25) is 5.02 Å². The van der Waals surface area contributed by atoms with Crippen LogP contribution in [-0.2, 0) is 11.3 Å². The standard InChI is InChI=1S/C10H11BrClNO2/c1-6(14)10(15)13-5-7-2-3-8(11)4-9(7)12/h2-4,6,14H,5H2,1H3,(H,13,15). The zero-order valence-corrected chi connectivity index (χ0v) is 10.5. The molecule has 1 rings (SSSR count). The number of hydrogen-bond acceptors (Lipinski definition) is 2. The van der Waals surface area contributed by atoms with E-state index >= 15 is 0 Å². The van der Waals surface area contributed by atoms with Gasteiger partial charge in [-0.3, -0.25) is 4.79 Å². The normalized spacial score (nSPS) is 12.3. The lowest BCUT2D eigenvalue weighted by Gasteiger charge is -2.08. The van der Waals surface area contributed by atoms with Crippen molar-refractivity contribution in [2.24, 2.45) is 0 Å². The fourth-order valence-electron chi connectivity index (χ4n) is 0.995. The van der Waals surface area contributed by atoms with Crippen LogP contribution in [0.5, 0.6) is 0 Å². The molecule has 5 heteroatoms. The summed E-state index contributed by atoms with van der Waals surface area (Å²) in [5, 5.41) is 12.1. The maximum Gasteiger partial charge on any atom is 0.248 e.